The summed E-state index contributed by atoms with van der Waals surface area (Å²) in [5.41, 5.74) is 3.17. The van der Waals surface area contributed by atoms with E-state index in [4.69, 9.17) is 26.1 Å². The third kappa shape index (κ3) is 4.66. The standard InChI is InChI=1S/C24H29ClN4O4S/c1-15-26-23-18(14-21(25)28-24(23)29(15)22-8-4-6-12-33-22)27-17-10-9-16(13-20(17)34(2,30)31)19-7-3-5-11-32-19/h9-10,13-14,19,22H,3-8,11-12H2,1-2H3,(H,27,28). The second-order valence-corrected chi connectivity index (χ2v) is 11.4. The number of nitrogens with one attached hydrogen (secondary N) is 1. The lowest BCUT2D eigenvalue weighted by molar-refractivity contribution is -0.0309. The number of halogens is 1. The molecule has 4 heterocycles. The highest BCUT2D eigenvalue weighted by Crippen LogP contribution is 2.36. The highest BCUT2D eigenvalue weighted by Gasteiger charge is 2.25. The van der Waals surface area contributed by atoms with Crippen LogP contribution in [-0.2, 0) is 19.3 Å². The number of rotatable bonds is 5. The number of ether oxygens (including phenoxy) is 2. The summed E-state index contributed by atoms with van der Waals surface area (Å²) in [6.45, 7) is 3.31. The number of aromatic nitrogens is 3. The molecule has 0 bridgehead atoms. The van der Waals surface area contributed by atoms with Gasteiger partial charge in [-0.15, -0.1) is 0 Å². The molecule has 2 aromatic heterocycles. The van der Waals surface area contributed by atoms with Gasteiger partial charge in [0, 0.05) is 25.5 Å². The van der Waals surface area contributed by atoms with Crippen molar-refractivity contribution in [3.8, 4) is 0 Å². The molecule has 2 atom stereocenters. The number of fused-ring (bicyclic) bond motifs is 1. The molecule has 0 aliphatic carbocycles. The number of benzene rings is 1. The van der Waals surface area contributed by atoms with Crippen LogP contribution in [0.25, 0.3) is 11.2 Å². The Morgan fingerprint density at radius 1 is 1.03 bits per heavy atom. The molecule has 1 N–H and O–H groups in total. The van der Waals surface area contributed by atoms with E-state index in [9.17, 15) is 8.42 Å². The average Bonchev–Trinajstić information content (AvgIpc) is 3.15. The normalized spacial score (nSPS) is 21.6. The fourth-order valence-electron chi connectivity index (χ4n) is 4.81. The second kappa shape index (κ2) is 9.45. The third-order valence-electron chi connectivity index (χ3n) is 6.46. The minimum Gasteiger partial charge on any atom is -0.374 e. The zero-order valence-electron chi connectivity index (χ0n) is 19.4. The highest BCUT2D eigenvalue weighted by molar-refractivity contribution is 7.90. The van der Waals surface area contributed by atoms with Crippen molar-refractivity contribution < 1.29 is 17.9 Å². The first kappa shape index (κ1) is 23.5. The van der Waals surface area contributed by atoms with Crippen LogP contribution in [-0.4, -0.2) is 42.4 Å². The van der Waals surface area contributed by atoms with Crippen LogP contribution in [0.3, 0.4) is 0 Å². The molecule has 0 radical (unpaired) electrons. The summed E-state index contributed by atoms with van der Waals surface area (Å²) >= 11 is 6.40. The van der Waals surface area contributed by atoms with Crippen molar-refractivity contribution in [2.45, 2.75) is 62.7 Å². The van der Waals surface area contributed by atoms with Gasteiger partial charge in [-0.05, 0) is 63.1 Å². The van der Waals surface area contributed by atoms with E-state index in [1.807, 2.05) is 17.6 Å². The van der Waals surface area contributed by atoms with Gasteiger partial charge in [-0.3, -0.25) is 4.57 Å². The van der Waals surface area contributed by atoms with E-state index < -0.39 is 9.84 Å². The Morgan fingerprint density at radius 3 is 2.47 bits per heavy atom. The minimum absolute atomic E-state index is 0.0841. The van der Waals surface area contributed by atoms with Gasteiger partial charge < -0.3 is 14.8 Å². The predicted molar refractivity (Wildman–Crippen MR) is 131 cm³/mol. The number of sulfone groups is 1. The fourth-order valence-corrected chi connectivity index (χ4v) is 5.86. The van der Waals surface area contributed by atoms with Crippen molar-refractivity contribution in [3.05, 3.63) is 40.8 Å². The first-order valence-electron chi connectivity index (χ1n) is 11.7. The Labute approximate surface area is 204 Å². The van der Waals surface area contributed by atoms with E-state index in [1.54, 1.807) is 18.2 Å². The predicted octanol–water partition coefficient (Wildman–Crippen LogP) is 5.48. The second-order valence-electron chi connectivity index (χ2n) is 9.02. The topological polar surface area (TPSA) is 95.3 Å². The van der Waals surface area contributed by atoms with Gasteiger partial charge in [0.15, 0.2) is 15.5 Å². The van der Waals surface area contributed by atoms with Crippen LogP contribution in [0, 0.1) is 6.92 Å². The van der Waals surface area contributed by atoms with Gasteiger partial charge in [-0.25, -0.2) is 18.4 Å². The Hall–Kier alpha value is -2.20. The summed E-state index contributed by atoms with van der Waals surface area (Å²) in [4.78, 5) is 9.48. The van der Waals surface area contributed by atoms with Crippen LogP contribution in [0.2, 0.25) is 5.15 Å². The van der Waals surface area contributed by atoms with Crippen molar-refractivity contribution in [2.75, 3.05) is 24.8 Å². The van der Waals surface area contributed by atoms with Crippen LogP contribution in [0.4, 0.5) is 11.4 Å². The number of anilines is 2. The fraction of sp³-hybridized carbons (Fsp3) is 0.500. The van der Waals surface area contributed by atoms with Gasteiger partial charge in [0.25, 0.3) is 0 Å². The van der Waals surface area contributed by atoms with Crippen LogP contribution in [0.1, 0.15) is 62.2 Å². The lowest BCUT2D eigenvalue weighted by atomic mass is 10.0. The van der Waals surface area contributed by atoms with Crippen LogP contribution in [0.15, 0.2) is 29.2 Å². The third-order valence-corrected chi connectivity index (χ3v) is 7.79. The lowest BCUT2D eigenvalue weighted by Crippen LogP contribution is -2.19. The number of nitrogens with zero attached hydrogens (tertiary/aromatic N) is 3. The van der Waals surface area contributed by atoms with Crippen LogP contribution >= 0.6 is 11.6 Å². The summed E-state index contributed by atoms with van der Waals surface area (Å²) in [6, 6.07) is 7.10. The zero-order valence-corrected chi connectivity index (χ0v) is 21.0. The number of hydrogen-bond donors (Lipinski definition) is 1. The molecule has 34 heavy (non-hydrogen) atoms. The molecule has 2 aliphatic heterocycles. The lowest BCUT2D eigenvalue weighted by Gasteiger charge is -2.25. The Morgan fingerprint density at radius 2 is 1.79 bits per heavy atom. The largest absolute Gasteiger partial charge is 0.374 e. The maximum atomic E-state index is 12.7. The molecule has 2 saturated heterocycles. The smallest absolute Gasteiger partial charge is 0.177 e. The summed E-state index contributed by atoms with van der Waals surface area (Å²) in [7, 11) is -3.51. The molecule has 2 unspecified atom stereocenters. The van der Waals surface area contributed by atoms with E-state index in [1.165, 1.54) is 6.26 Å². The summed E-state index contributed by atoms with van der Waals surface area (Å²) in [5.74, 6) is 0.771. The molecule has 182 valence electrons. The summed E-state index contributed by atoms with van der Waals surface area (Å²) < 4.78 is 39.3. The van der Waals surface area contributed by atoms with Crippen molar-refractivity contribution in [3.63, 3.8) is 0 Å². The van der Waals surface area contributed by atoms with Gasteiger partial charge >= 0.3 is 0 Å². The van der Waals surface area contributed by atoms with Crippen molar-refractivity contribution in [1.82, 2.24) is 14.5 Å². The highest BCUT2D eigenvalue weighted by atomic mass is 35.5. The van der Waals surface area contributed by atoms with Gasteiger partial charge in [0.1, 0.15) is 22.7 Å². The van der Waals surface area contributed by atoms with E-state index in [0.717, 1.165) is 49.9 Å². The van der Waals surface area contributed by atoms with E-state index >= 15 is 0 Å². The molecule has 2 fully saturated rings. The number of hydrogen-bond acceptors (Lipinski definition) is 7. The zero-order chi connectivity index (χ0) is 23.9. The molecular formula is C24H29ClN4O4S. The van der Waals surface area contributed by atoms with Crippen molar-refractivity contribution in [2.24, 2.45) is 0 Å². The summed E-state index contributed by atoms with van der Waals surface area (Å²) in [5, 5.41) is 3.57. The molecule has 8 nitrogen and oxygen atoms in total. The molecule has 0 saturated carbocycles. The van der Waals surface area contributed by atoms with Gasteiger partial charge in [0.05, 0.1) is 22.4 Å². The molecule has 5 rings (SSSR count). The van der Waals surface area contributed by atoms with E-state index in [2.05, 4.69) is 10.3 Å². The molecule has 0 spiro atoms. The molecule has 2 aliphatic rings. The minimum atomic E-state index is -3.51. The average molecular weight is 505 g/mol. The van der Waals surface area contributed by atoms with Crippen LogP contribution in [0.5, 0.6) is 0 Å². The quantitative estimate of drug-likeness (QED) is 0.459. The van der Waals surface area contributed by atoms with E-state index in [0.29, 0.717) is 40.9 Å². The van der Waals surface area contributed by atoms with Crippen molar-refractivity contribution in [1.29, 1.82) is 0 Å². The molecular weight excluding hydrogens is 476 g/mol. The van der Waals surface area contributed by atoms with Crippen LogP contribution < -0.4 is 5.32 Å². The monoisotopic (exact) mass is 504 g/mol. The molecule has 3 aromatic rings. The van der Waals surface area contributed by atoms with Gasteiger partial charge in [0.2, 0.25) is 0 Å². The first-order valence-corrected chi connectivity index (χ1v) is 14.0. The van der Waals surface area contributed by atoms with Gasteiger partial charge in [-0.1, -0.05) is 17.7 Å². The number of imidazole rings is 1. The Bertz CT molecular complexity index is 1310. The number of aryl methyl sites for hydroxylation is 1. The SMILES string of the molecule is Cc1nc2c(Nc3ccc(C4CCCCO4)cc3S(C)(=O)=O)cc(Cl)nc2n1C1CCCCO1. The Balaban J connectivity index is 1.56. The summed E-state index contributed by atoms with van der Waals surface area (Å²) in [6.07, 6.45) is 6.98. The number of pyridine rings is 1. The van der Waals surface area contributed by atoms with E-state index in [-0.39, 0.29) is 17.2 Å². The maximum Gasteiger partial charge on any atom is 0.177 e. The maximum absolute atomic E-state index is 12.7. The molecule has 1 aromatic carbocycles. The molecule has 10 heteroatoms. The van der Waals surface area contributed by atoms with Crippen molar-refractivity contribution >= 4 is 44.0 Å². The first-order chi connectivity index (χ1) is 16.3. The van der Waals surface area contributed by atoms with Gasteiger partial charge in [-0.2, -0.15) is 0 Å². The molecule has 0 amide bonds. The Kier molecular flexibility index (Phi) is 6.54.